The monoisotopic (exact) mass is 170 g/mol. The van der Waals surface area contributed by atoms with Crippen LogP contribution in [0.1, 0.15) is 33.6 Å². The summed E-state index contributed by atoms with van der Waals surface area (Å²) in [6.07, 6.45) is 3.79. The van der Waals surface area contributed by atoms with Crippen LogP contribution >= 0.6 is 0 Å². The van der Waals surface area contributed by atoms with E-state index >= 15 is 0 Å². The Morgan fingerprint density at radius 1 is 1.50 bits per heavy atom. The molecule has 0 aliphatic heterocycles. The number of carbonyl (C=O) groups is 1. The molecule has 0 aromatic rings. The summed E-state index contributed by atoms with van der Waals surface area (Å²) in [7, 11) is 1.43. The molecule has 0 aromatic heterocycles. The number of esters is 1. The van der Waals surface area contributed by atoms with E-state index in [1.54, 1.807) is 0 Å². The highest BCUT2D eigenvalue weighted by Gasteiger charge is 2.13. The smallest absolute Gasteiger partial charge is 0.312 e. The molecule has 2 nitrogen and oxygen atoms in total. The number of carbonyl (C=O) groups excluding carboxylic acids is 1. The molecular formula is C10H18O2. The minimum absolute atomic E-state index is 0.0602. The first-order valence-corrected chi connectivity index (χ1v) is 4.40. The summed E-state index contributed by atoms with van der Waals surface area (Å²) in [6.45, 7) is 6.10. The molecule has 0 bridgehead atoms. The number of ether oxygens (including phenoxy) is 1. The van der Waals surface area contributed by atoms with Crippen LogP contribution in [0.25, 0.3) is 0 Å². The molecule has 1 atom stereocenters. The van der Waals surface area contributed by atoms with Gasteiger partial charge in [-0.1, -0.05) is 25.5 Å². The van der Waals surface area contributed by atoms with Crippen molar-refractivity contribution in [1.82, 2.24) is 0 Å². The van der Waals surface area contributed by atoms with Crippen LogP contribution in [-0.2, 0) is 9.53 Å². The fraction of sp³-hybridized carbons (Fsp3) is 0.700. The van der Waals surface area contributed by atoms with Gasteiger partial charge in [0, 0.05) is 0 Å². The summed E-state index contributed by atoms with van der Waals surface area (Å²) in [6, 6.07) is 0. The van der Waals surface area contributed by atoms with Crippen LogP contribution < -0.4 is 0 Å². The van der Waals surface area contributed by atoms with Crippen LogP contribution in [0, 0.1) is 5.92 Å². The zero-order chi connectivity index (χ0) is 9.56. The molecule has 0 aliphatic rings. The number of hydrogen-bond donors (Lipinski definition) is 0. The highest BCUT2D eigenvalue weighted by Crippen LogP contribution is 2.11. The van der Waals surface area contributed by atoms with Gasteiger partial charge in [-0.05, 0) is 19.8 Å². The average molecular weight is 170 g/mol. The predicted molar refractivity (Wildman–Crippen MR) is 49.8 cm³/mol. The normalized spacial score (nSPS) is 14.2. The van der Waals surface area contributed by atoms with Gasteiger partial charge in [0.1, 0.15) is 0 Å². The summed E-state index contributed by atoms with van der Waals surface area (Å²) >= 11 is 0. The maximum Gasteiger partial charge on any atom is 0.312 e. The lowest BCUT2D eigenvalue weighted by Crippen LogP contribution is -2.13. The Balaban J connectivity index is 4.26. The highest BCUT2D eigenvalue weighted by molar-refractivity contribution is 5.74. The molecular weight excluding hydrogens is 152 g/mol. The van der Waals surface area contributed by atoms with E-state index in [-0.39, 0.29) is 11.9 Å². The van der Waals surface area contributed by atoms with Gasteiger partial charge >= 0.3 is 5.97 Å². The number of rotatable bonds is 4. The van der Waals surface area contributed by atoms with Gasteiger partial charge in [-0.15, -0.1) is 0 Å². The molecule has 0 N–H and O–H groups in total. The molecule has 0 heterocycles. The lowest BCUT2D eigenvalue weighted by Gasteiger charge is -2.08. The van der Waals surface area contributed by atoms with Gasteiger partial charge in [-0.2, -0.15) is 0 Å². The molecule has 0 aromatic carbocycles. The molecule has 0 saturated carbocycles. The lowest BCUT2D eigenvalue weighted by molar-refractivity contribution is -0.143. The van der Waals surface area contributed by atoms with Crippen molar-refractivity contribution in [3.05, 3.63) is 11.6 Å². The maximum absolute atomic E-state index is 11.1. The largest absolute Gasteiger partial charge is 0.469 e. The molecule has 0 rings (SSSR count). The minimum atomic E-state index is -0.134. The van der Waals surface area contributed by atoms with E-state index in [1.165, 1.54) is 12.7 Å². The van der Waals surface area contributed by atoms with E-state index < -0.39 is 0 Å². The van der Waals surface area contributed by atoms with Crippen LogP contribution in [0.2, 0.25) is 0 Å². The zero-order valence-corrected chi connectivity index (χ0v) is 8.39. The molecule has 12 heavy (non-hydrogen) atoms. The van der Waals surface area contributed by atoms with Gasteiger partial charge in [0.15, 0.2) is 0 Å². The van der Waals surface area contributed by atoms with Crippen molar-refractivity contribution in [2.75, 3.05) is 7.11 Å². The summed E-state index contributed by atoms with van der Waals surface area (Å²) in [4.78, 5) is 11.1. The van der Waals surface area contributed by atoms with E-state index in [4.69, 9.17) is 0 Å². The van der Waals surface area contributed by atoms with Crippen LogP contribution in [0.5, 0.6) is 0 Å². The third kappa shape index (κ3) is 3.56. The Kier molecular flexibility index (Phi) is 5.43. The van der Waals surface area contributed by atoms with Gasteiger partial charge < -0.3 is 4.74 Å². The van der Waals surface area contributed by atoms with E-state index in [0.717, 1.165) is 12.8 Å². The van der Waals surface area contributed by atoms with E-state index in [2.05, 4.69) is 11.7 Å². The standard InChI is InChI=1S/C10H18O2/c1-5-8(3)7-9(6-2)10(11)12-4/h7,9H,5-6H2,1-4H3. The average Bonchev–Trinajstić information content (AvgIpc) is 2.12. The molecule has 0 fully saturated rings. The molecule has 0 amide bonds. The second-order valence-corrected chi connectivity index (χ2v) is 2.90. The molecule has 2 heteroatoms. The Morgan fingerprint density at radius 2 is 2.08 bits per heavy atom. The van der Waals surface area contributed by atoms with Crippen molar-refractivity contribution in [3.63, 3.8) is 0 Å². The Bertz CT molecular complexity index is 171. The number of methoxy groups -OCH3 is 1. The van der Waals surface area contributed by atoms with Crippen molar-refractivity contribution >= 4 is 5.97 Å². The fourth-order valence-electron chi connectivity index (χ4n) is 0.965. The van der Waals surface area contributed by atoms with Crippen LogP contribution in [-0.4, -0.2) is 13.1 Å². The molecule has 70 valence electrons. The van der Waals surface area contributed by atoms with Crippen molar-refractivity contribution in [1.29, 1.82) is 0 Å². The first-order valence-electron chi connectivity index (χ1n) is 4.40. The maximum atomic E-state index is 11.1. The Hall–Kier alpha value is -0.790. The van der Waals surface area contributed by atoms with Crippen molar-refractivity contribution < 1.29 is 9.53 Å². The molecule has 0 aliphatic carbocycles. The van der Waals surface area contributed by atoms with Gasteiger partial charge in [-0.25, -0.2) is 0 Å². The second kappa shape index (κ2) is 5.81. The van der Waals surface area contributed by atoms with E-state index in [1.807, 2.05) is 19.9 Å². The van der Waals surface area contributed by atoms with Gasteiger partial charge in [0.25, 0.3) is 0 Å². The zero-order valence-electron chi connectivity index (χ0n) is 8.39. The first-order chi connectivity index (χ1) is 5.65. The fourth-order valence-corrected chi connectivity index (χ4v) is 0.965. The quantitative estimate of drug-likeness (QED) is 0.478. The van der Waals surface area contributed by atoms with Gasteiger partial charge in [0.2, 0.25) is 0 Å². The molecule has 1 unspecified atom stereocenters. The SMILES string of the molecule is CCC(C)=CC(CC)C(=O)OC. The second-order valence-electron chi connectivity index (χ2n) is 2.90. The number of allylic oxidation sites excluding steroid dienone is 1. The third-order valence-electron chi connectivity index (χ3n) is 1.99. The summed E-state index contributed by atoms with van der Waals surface area (Å²) in [5, 5.41) is 0. The Morgan fingerprint density at radius 3 is 2.42 bits per heavy atom. The van der Waals surface area contributed by atoms with Crippen molar-refractivity contribution in [2.24, 2.45) is 5.92 Å². The molecule has 0 spiro atoms. The number of hydrogen-bond acceptors (Lipinski definition) is 2. The van der Waals surface area contributed by atoms with Crippen molar-refractivity contribution in [2.45, 2.75) is 33.6 Å². The lowest BCUT2D eigenvalue weighted by atomic mass is 10.0. The van der Waals surface area contributed by atoms with Gasteiger partial charge in [-0.3, -0.25) is 4.79 Å². The molecule has 0 radical (unpaired) electrons. The summed E-state index contributed by atoms with van der Waals surface area (Å²) < 4.78 is 4.67. The van der Waals surface area contributed by atoms with Crippen LogP contribution in [0.15, 0.2) is 11.6 Å². The predicted octanol–water partition coefficient (Wildman–Crippen LogP) is 2.54. The first kappa shape index (κ1) is 11.2. The summed E-state index contributed by atoms with van der Waals surface area (Å²) in [5.41, 5.74) is 1.24. The third-order valence-corrected chi connectivity index (χ3v) is 1.99. The van der Waals surface area contributed by atoms with Crippen molar-refractivity contribution in [3.8, 4) is 0 Å². The van der Waals surface area contributed by atoms with Crippen LogP contribution in [0.3, 0.4) is 0 Å². The van der Waals surface area contributed by atoms with E-state index in [0.29, 0.717) is 0 Å². The van der Waals surface area contributed by atoms with E-state index in [9.17, 15) is 4.79 Å². The highest BCUT2D eigenvalue weighted by atomic mass is 16.5. The van der Waals surface area contributed by atoms with Crippen LogP contribution in [0.4, 0.5) is 0 Å². The Labute approximate surface area is 74.6 Å². The minimum Gasteiger partial charge on any atom is -0.469 e. The molecule has 0 saturated heterocycles. The topological polar surface area (TPSA) is 26.3 Å². The van der Waals surface area contributed by atoms with Gasteiger partial charge in [0.05, 0.1) is 13.0 Å². The summed E-state index contributed by atoms with van der Waals surface area (Å²) in [5.74, 6) is -0.194.